The van der Waals surface area contributed by atoms with E-state index in [2.05, 4.69) is 25.3 Å². The quantitative estimate of drug-likeness (QED) is 0.237. The summed E-state index contributed by atoms with van der Waals surface area (Å²) in [6.45, 7) is 2.10. The van der Waals surface area contributed by atoms with Gasteiger partial charge in [0.1, 0.15) is 23.6 Å². The van der Waals surface area contributed by atoms with Crippen LogP contribution < -0.4 is 24.8 Å². The van der Waals surface area contributed by atoms with E-state index in [9.17, 15) is 13.2 Å². The molecule has 1 amide bonds. The summed E-state index contributed by atoms with van der Waals surface area (Å²) in [5, 5.41) is 7.37. The fourth-order valence-electron chi connectivity index (χ4n) is 3.70. The number of sulfonamides is 1. The largest absolute Gasteiger partial charge is 0.497 e. The minimum absolute atomic E-state index is 0.148. The second-order valence-corrected chi connectivity index (χ2v) is 10.8. The van der Waals surface area contributed by atoms with Crippen LogP contribution in [0.1, 0.15) is 29.3 Å². The molecule has 4 aromatic rings. The number of rotatable bonds is 11. The van der Waals surface area contributed by atoms with Crippen LogP contribution in [0.25, 0.3) is 10.2 Å². The highest BCUT2D eigenvalue weighted by Crippen LogP contribution is 2.32. The van der Waals surface area contributed by atoms with Gasteiger partial charge in [0.2, 0.25) is 10.0 Å². The van der Waals surface area contributed by atoms with Gasteiger partial charge >= 0.3 is 0 Å². The summed E-state index contributed by atoms with van der Waals surface area (Å²) in [6.07, 6.45) is 1.72. The van der Waals surface area contributed by atoms with Gasteiger partial charge in [-0.25, -0.2) is 22.8 Å². The monoisotopic (exact) mass is 559 g/mol. The molecule has 0 bridgehead atoms. The van der Waals surface area contributed by atoms with Gasteiger partial charge in [-0.3, -0.25) is 9.52 Å². The van der Waals surface area contributed by atoms with E-state index in [0.717, 1.165) is 5.56 Å². The molecule has 0 spiro atoms. The van der Waals surface area contributed by atoms with E-state index in [-0.39, 0.29) is 22.7 Å². The molecule has 200 valence electrons. The molecule has 2 heterocycles. The third-order valence-corrected chi connectivity index (χ3v) is 7.98. The number of fused-ring (bicyclic) bond motifs is 1. The summed E-state index contributed by atoms with van der Waals surface area (Å²) in [4.78, 5) is 21.6. The molecule has 2 aromatic carbocycles. The number of benzene rings is 2. The molecule has 0 fully saturated rings. The smallest absolute Gasteiger partial charge is 0.258 e. The van der Waals surface area contributed by atoms with E-state index in [4.69, 9.17) is 9.47 Å². The number of carbonyl (C=O) groups is 1. The van der Waals surface area contributed by atoms with Gasteiger partial charge in [0, 0.05) is 23.6 Å². The lowest BCUT2D eigenvalue weighted by molar-refractivity contribution is 0.102. The molecule has 13 heteroatoms. The molecule has 10 nitrogen and oxygen atoms in total. The van der Waals surface area contributed by atoms with Gasteiger partial charge < -0.3 is 20.1 Å². The number of hydrogen-bond donors (Lipinski definition) is 3. The van der Waals surface area contributed by atoms with E-state index in [0.29, 0.717) is 40.5 Å². The average molecular weight is 560 g/mol. The summed E-state index contributed by atoms with van der Waals surface area (Å²) in [5.41, 5.74) is 1.10. The van der Waals surface area contributed by atoms with Crippen molar-refractivity contribution >= 4 is 54.7 Å². The summed E-state index contributed by atoms with van der Waals surface area (Å²) in [7, 11) is -0.550. The van der Waals surface area contributed by atoms with E-state index in [1.807, 2.05) is 12.1 Å². The van der Waals surface area contributed by atoms with Crippen molar-refractivity contribution < 1.29 is 27.1 Å². The Hall–Kier alpha value is -3.97. The molecule has 0 unspecified atom stereocenters. The number of anilines is 3. The molecule has 0 saturated carbocycles. The first-order valence-electron chi connectivity index (χ1n) is 11.5. The summed E-state index contributed by atoms with van der Waals surface area (Å²) >= 11 is 1.27. The SMILES string of the molecule is CCCS(=O)(=O)Nc1cccc(NC(=O)c2csc3c(NCc4ccc(OC)cc4OC)ncnc23)c1F. The van der Waals surface area contributed by atoms with Gasteiger partial charge in [-0.15, -0.1) is 11.3 Å². The summed E-state index contributed by atoms with van der Waals surface area (Å²) in [5.74, 6) is 0.218. The fraction of sp³-hybridized carbons (Fsp3) is 0.240. The Labute approximate surface area is 223 Å². The molecule has 3 N–H and O–H groups in total. The number of methoxy groups -OCH3 is 2. The summed E-state index contributed by atoms with van der Waals surface area (Å²) < 4.78 is 52.7. The van der Waals surface area contributed by atoms with Crippen LogP contribution in [-0.4, -0.2) is 44.3 Å². The second-order valence-electron chi connectivity index (χ2n) is 8.12. The molecule has 0 atom stereocenters. The predicted molar refractivity (Wildman–Crippen MR) is 146 cm³/mol. The van der Waals surface area contributed by atoms with Gasteiger partial charge in [-0.1, -0.05) is 13.0 Å². The Morgan fingerprint density at radius 3 is 2.63 bits per heavy atom. The molecule has 4 rings (SSSR count). The first-order valence-corrected chi connectivity index (χ1v) is 14.1. The molecule has 2 aromatic heterocycles. The number of thiophene rings is 1. The molecule has 0 aliphatic heterocycles. The van der Waals surface area contributed by atoms with E-state index in [1.54, 1.807) is 32.6 Å². The van der Waals surface area contributed by atoms with Gasteiger partial charge in [0.15, 0.2) is 5.82 Å². The van der Waals surface area contributed by atoms with Crippen molar-refractivity contribution in [1.82, 2.24) is 9.97 Å². The molecule has 0 radical (unpaired) electrons. The Balaban J connectivity index is 1.54. The van der Waals surface area contributed by atoms with Crippen molar-refractivity contribution in [3.05, 3.63) is 65.0 Å². The molecular weight excluding hydrogens is 533 g/mol. The number of aromatic nitrogens is 2. The van der Waals surface area contributed by atoms with Gasteiger partial charge in [-0.05, 0) is 30.7 Å². The zero-order valence-electron chi connectivity index (χ0n) is 20.9. The van der Waals surface area contributed by atoms with Crippen molar-refractivity contribution in [3.8, 4) is 11.5 Å². The molecule has 0 aliphatic carbocycles. The topological polar surface area (TPSA) is 132 Å². The Morgan fingerprint density at radius 1 is 1.11 bits per heavy atom. The number of halogens is 1. The van der Waals surface area contributed by atoms with Gasteiger partial charge in [-0.2, -0.15) is 0 Å². The second kappa shape index (κ2) is 11.6. The van der Waals surface area contributed by atoms with E-state index >= 15 is 4.39 Å². The van der Waals surface area contributed by atoms with Crippen LogP contribution in [0.3, 0.4) is 0 Å². The molecule has 0 saturated heterocycles. The van der Waals surface area contributed by atoms with Crippen molar-refractivity contribution in [2.75, 3.05) is 35.3 Å². The molecular formula is C25H26FN5O5S2. The fourth-order valence-corrected chi connectivity index (χ4v) is 5.80. The van der Waals surface area contributed by atoms with Gasteiger partial charge in [0.05, 0.1) is 47.1 Å². The highest BCUT2D eigenvalue weighted by atomic mass is 32.2. The van der Waals surface area contributed by atoms with Crippen LogP contribution >= 0.6 is 11.3 Å². The highest BCUT2D eigenvalue weighted by molar-refractivity contribution is 7.92. The number of nitrogens with one attached hydrogen (secondary N) is 3. The lowest BCUT2D eigenvalue weighted by atomic mass is 10.2. The van der Waals surface area contributed by atoms with Crippen molar-refractivity contribution in [1.29, 1.82) is 0 Å². The molecule has 0 aliphatic rings. The maximum atomic E-state index is 15.0. The van der Waals surface area contributed by atoms with Crippen LogP contribution in [0.5, 0.6) is 11.5 Å². The highest BCUT2D eigenvalue weighted by Gasteiger charge is 2.20. The number of nitrogens with zero attached hydrogens (tertiary/aromatic N) is 2. The summed E-state index contributed by atoms with van der Waals surface area (Å²) in [6, 6.07) is 9.58. The van der Waals surface area contributed by atoms with Crippen LogP contribution in [-0.2, 0) is 16.6 Å². The molecule has 38 heavy (non-hydrogen) atoms. The van der Waals surface area contributed by atoms with Crippen LogP contribution in [0.4, 0.5) is 21.6 Å². The Bertz CT molecular complexity index is 1580. The normalized spacial score (nSPS) is 11.3. The van der Waals surface area contributed by atoms with Crippen LogP contribution in [0.15, 0.2) is 48.1 Å². The number of amides is 1. The maximum Gasteiger partial charge on any atom is 0.258 e. The first kappa shape index (κ1) is 27.1. The predicted octanol–water partition coefficient (Wildman–Crippen LogP) is 4.86. The Morgan fingerprint density at radius 2 is 1.89 bits per heavy atom. The minimum Gasteiger partial charge on any atom is -0.497 e. The van der Waals surface area contributed by atoms with Crippen molar-refractivity contribution in [2.24, 2.45) is 0 Å². The third-order valence-electron chi connectivity index (χ3n) is 5.52. The maximum absolute atomic E-state index is 15.0. The van der Waals surface area contributed by atoms with Gasteiger partial charge in [0.25, 0.3) is 5.91 Å². The zero-order valence-corrected chi connectivity index (χ0v) is 22.5. The Kier molecular flexibility index (Phi) is 8.27. The lowest BCUT2D eigenvalue weighted by Gasteiger charge is -2.12. The van der Waals surface area contributed by atoms with Crippen molar-refractivity contribution in [2.45, 2.75) is 19.9 Å². The number of hydrogen-bond acceptors (Lipinski definition) is 9. The average Bonchev–Trinajstić information content (AvgIpc) is 3.34. The zero-order chi connectivity index (χ0) is 27.3. The lowest BCUT2D eigenvalue weighted by Crippen LogP contribution is -2.18. The van der Waals surface area contributed by atoms with E-state index in [1.165, 1.54) is 35.9 Å². The van der Waals surface area contributed by atoms with Crippen molar-refractivity contribution in [3.63, 3.8) is 0 Å². The number of ether oxygens (including phenoxy) is 2. The standard InChI is InChI=1S/C25H26FN5O5S2/c1-4-10-38(33,34)31-19-7-5-6-18(21(19)26)30-25(32)17-13-37-23-22(17)28-14-29-24(23)27-12-15-8-9-16(35-2)11-20(15)36-3/h5-9,11,13-14,31H,4,10,12H2,1-3H3,(H,30,32)(H,27,28,29). The van der Waals surface area contributed by atoms with Crippen LogP contribution in [0, 0.1) is 5.82 Å². The van der Waals surface area contributed by atoms with Crippen LogP contribution in [0.2, 0.25) is 0 Å². The number of carbonyl (C=O) groups excluding carboxylic acids is 1. The third kappa shape index (κ3) is 5.94. The van der Waals surface area contributed by atoms with E-state index < -0.39 is 21.7 Å². The first-order chi connectivity index (χ1) is 18.3. The minimum atomic E-state index is -3.70.